The van der Waals surface area contributed by atoms with Crippen LogP contribution in [0.15, 0.2) is 17.2 Å². The van der Waals surface area contributed by atoms with Gasteiger partial charge in [-0.1, -0.05) is 40.3 Å². The van der Waals surface area contributed by atoms with Gasteiger partial charge in [-0.2, -0.15) is 10.4 Å². The molecule has 4 nitrogen and oxygen atoms in total. The number of benzene rings is 1. The predicted molar refractivity (Wildman–Crippen MR) is 91.2 cm³/mol. The topological polar surface area (TPSA) is 48.6 Å². The highest BCUT2D eigenvalue weighted by Gasteiger charge is 2.44. The van der Waals surface area contributed by atoms with Gasteiger partial charge in [-0.05, 0) is 25.0 Å². The van der Waals surface area contributed by atoms with E-state index in [-0.39, 0.29) is 6.10 Å². The van der Waals surface area contributed by atoms with E-state index in [0.717, 1.165) is 29.8 Å². The van der Waals surface area contributed by atoms with Crippen LogP contribution in [0.25, 0.3) is 0 Å². The lowest BCUT2D eigenvalue weighted by atomic mass is 9.95. The smallest absolute Gasteiger partial charge is 0.123 e. The summed E-state index contributed by atoms with van der Waals surface area (Å²) in [5.41, 5.74) is 3.29. The van der Waals surface area contributed by atoms with E-state index in [2.05, 4.69) is 33.7 Å². The second-order valence-electron chi connectivity index (χ2n) is 5.38. The van der Waals surface area contributed by atoms with E-state index >= 15 is 0 Å². The Morgan fingerprint density at radius 3 is 2.95 bits per heavy atom. The van der Waals surface area contributed by atoms with Gasteiger partial charge in [0.2, 0.25) is 0 Å². The highest BCUT2D eigenvalue weighted by atomic mass is 127. The number of hydrogen-bond donors (Lipinski definition) is 0. The lowest BCUT2D eigenvalue weighted by Crippen LogP contribution is -2.35. The molecule has 0 spiro atoms. The molecule has 1 fully saturated rings. The Morgan fingerprint density at radius 2 is 2.29 bits per heavy atom. The quantitative estimate of drug-likeness (QED) is 0.551. The molecule has 0 radical (unpaired) electrons. The molecule has 0 unspecified atom stereocenters. The molecule has 0 aliphatic carbocycles. The van der Waals surface area contributed by atoms with Gasteiger partial charge in [0, 0.05) is 23.1 Å². The lowest BCUT2D eigenvalue weighted by molar-refractivity contribution is 0.0987. The van der Waals surface area contributed by atoms with E-state index in [1.807, 2.05) is 13.0 Å². The van der Waals surface area contributed by atoms with Crippen molar-refractivity contribution < 1.29 is 4.74 Å². The predicted octanol–water partition coefficient (Wildman–Crippen LogP) is 3.13. The molecule has 1 aromatic rings. The number of hydrazone groups is 1. The molecule has 0 amide bonds. The summed E-state index contributed by atoms with van der Waals surface area (Å²) in [6, 6.07) is 6.10. The zero-order valence-corrected chi connectivity index (χ0v) is 14.7. The van der Waals surface area contributed by atoms with Crippen LogP contribution in [0.2, 0.25) is 5.02 Å². The number of ether oxygens (including phenoxy) is 1. The van der Waals surface area contributed by atoms with E-state index in [4.69, 9.17) is 26.7 Å². The van der Waals surface area contributed by atoms with Crippen molar-refractivity contribution >= 4 is 39.9 Å². The second kappa shape index (κ2) is 5.75. The number of fused-ring (bicyclic) bond motifs is 1. The summed E-state index contributed by atoms with van der Waals surface area (Å²) in [7, 11) is 1.73. The Kier molecular flexibility index (Phi) is 4.12. The molecule has 21 heavy (non-hydrogen) atoms. The second-order valence-corrected chi connectivity index (χ2v) is 7.51. The van der Waals surface area contributed by atoms with Crippen LogP contribution in [0, 0.1) is 18.3 Å². The molecule has 0 saturated carbocycles. The van der Waals surface area contributed by atoms with Crippen LogP contribution < -0.4 is 0 Å². The molecular weight excluding hydrogens is 401 g/mol. The normalized spacial score (nSPS) is 27.5. The molecule has 110 valence electrons. The zero-order valence-electron chi connectivity index (χ0n) is 11.8. The van der Waals surface area contributed by atoms with Gasteiger partial charge < -0.3 is 4.74 Å². The molecule has 6 heteroatoms. The number of methoxy groups -OCH3 is 1. The van der Waals surface area contributed by atoms with Crippen molar-refractivity contribution in [2.45, 2.75) is 29.4 Å². The largest absolute Gasteiger partial charge is 0.373 e. The van der Waals surface area contributed by atoms with Gasteiger partial charge in [-0.15, -0.1) is 0 Å². The number of alkyl halides is 1. The highest BCUT2D eigenvalue weighted by Crippen LogP contribution is 2.35. The number of hydrogen-bond acceptors (Lipinski definition) is 4. The van der Waals surface area contributed by atoms with Gasteiger partial charge in [-0.25, -0.2) is 0 Å². The molecule has 1 saturated heterocycles. The first-order valence-electron chi connectivity index (χ1n) is 6.78. The van der Waals surface area contributed by atoms with Crippen molar-refractivity contribution in [3.05, 3.63) is 33.8 Å². The molecule has 0 N–H and O–H groups in total. The van der Waals surface area contributed by atoms with Crippen molar-refractivity contribution in [3.63, 3.8) is 0 Å². The van der Waals surface area contributed by atoms with E-state index in [1.165, 1.54) is 0 Å². The Labute approximate surface area is 142 Å². The summed E-state index contributed by atoms with van der Waals surface area (Å²) in [6.45, 7) is 2.88. The van der Waals surface area contributed by atoms with Crippen LogP contribution >= 0.6 is 34.2 Å². The molecule has 2 heterocycles. The van der Waals surface area contributed by atoms with Crippen LogP contribution in [-0.2, 0) is 4.74 Å². The third kappa shape index (κ3) is 2.43. The van der Waals surface area contributed by atoms with Crippen LogP contribution in [0.3, 0.4) is 0 Å². The average Bonchev–Trinajstić information content (AvgIpc) is 2.97. The molecule has 0 bridgehead atoms. The van der Waals surface area contributed by atoms with E-state index in [1.54, 1.807) is 13.2 Å². The maximum atomic E-state index is 9.06. The first-order chi connectivity index (χ1) is 10.1. The Balaban J connectivity index is 2.03. The van der Waals surface area contributed by atoms with Gasteiger partial charge in [0.15, 0.2) is 0 Å². The fourth-order valence-electron chi connectivity index (χ4n) is 3.09. The fourth-order valence-corrected chi connectivity index (χ4v) is 4.23. The molecule has 2 aliphatic rings. The SMILES string of the molecule is CO[C@@H]1C(c2ccc(C#N)c(Cl)c2C)=NN2C[C@@H](I)C[C@@H]12. The maximum absolute atomic E-state index is 9.06. The lowest BCUT2D eigenvalue weighted by Gasteiger charge is -2.20. The summed E-state index contributed by atoms with van der Waals surface area (Å²) in [5, 5.41) is 16.5. The third-order valence-electron chi connectivity index (χ3n) is 4.16. The summed E-state index contributed by atoms with van der Waals surface area (Å²) in [5.74, 6) is 0. The van der Waals surface area contributed by atoms with Gasteiger partial charge in [0.25, 0.3) is 0 Å². The Bertz CT molecular complexity index is 655. The van der Waals surface area contributed by atoms with Crippen LogP contribution in [0.5, 0.6) is 0 Å². The van der Waals surface area contributed by atoms with E-state index < -0.39 is 0 Å². The van der Waals surface area contributed by atoms with Crippen molar-refractivity contribution in [2.24, 2.45) is 5.10 Å². The van der Waals surface area contributed by atoms with E-state index in [0.29, 0.717) is 20.6 Å². The van der Waals surface area contributed by atoms with Crippen molar-refractivity contribution in [2.75, 3.05) is 13.7 Å². The van der Waals surface area contributed by atoms with Crippen LogP contribution in [-0.4, -0.2) is 40.4 Å². The minimum Gasteiger partial charge on any atom is -0.373 e. The molecule has 2 aliphatic heterocycles. The van der Waals surface area contributed by atoms with Crippen molar-refractivity contribution in [3.8, 4) is 6.07 Å². The van der Waals surface area contributed by atoms with Gasteiger partial charge in [-0.3, -0.25) is 5.01 Å². The van der Waals surface area contributed by atoms with E-state index in [9.17, 15) is 0 Å². The minimum atomic E-state index is -0.0348. The third-order valence-corrected chi connectivity index (χ3v) is 5.55. The average molecular weight is 416 g/mol. The summed E-state index contributed by atoms with van der Waals surface area (Å²) >= 11 is 8.74. The molecule has 0 aromatic heterocycles. The number of nitriles is 1. The maximum Gasteiger partial charge on any atom is 0.123 e. The summed E-state index contributed by atoms with van der Waals surface area (Å²) in [4.78, 5) is 0. The number of halogens is 2. The Hall–Kier alpha value is -0.840. The molecule has 1 aromatic carbocycles. The molecule has 3 atom stereocenters. The first kappa shape index (κ1) is 15.1. The fraction of sp³-hybridized carbons (Fsp3) is 0.467. The summed E-state index contributed by atoms with van der Waals surface area (Å²) < 4.78 is 6.32. The minimum absolute atomic E-state index is 0.0348. The molecule has 3 rings (SSSR count). The monoisotopic (exact) mass is 415 g/mol. The van der Waals surface area contributed by atoms with Gasteiger partial charge in [0.05, 0.1) is 22.3 Å². The van der Waals surface area contributed by atoms with Gasteiger partial charge >= 0.3 is 0 Å². The van der Waals surface area contributed by atoms with Crippen molar-refractivity contribution in [1.82, 2.24) is 5.01 Å². The van der Waals surface area contributed by atoms with Gasteiger partial charge in [0.1, 0.15) is 12.2 Å². The standard InChI is InChI=1S/C15H15ClIN3O/c1-8-11(4-3-9(6-18)13(8)16)14-15(21-2)12-5-10(17)7-20(12)19-14/h3-4,10,12,15H,5,7H2,1-2H3/t10-,12-,15-/m0/s1. The number of rotatable bonds is 2. The first-order valence-corrected chi connectivity index (χ1v) is 8.40. The summed E-state index contributed by atoms with van der Waals surface area (Å²) in [6.07, 6.45) is 1.04. The highest BCUT2D eigenvalue weighted by molar-refractivity contribution is 14.1. The number of nitrogens with zero attached hydrogens (tertiary/aromatic N) is 3. The molecular formula is C15H15ClIN3O. The zero-order chi connectivity index (χ0) is 15.1. The van der Waals surface area contributed by atoms with Crippen molar-refractivity contribution in [1.29, 1.82) is 5.26 Å². The van der Waals surface area contributed by atoms with Crippen LogP contribution in [0.1, 0.15) is 23.1 Å². The van der Waals surface area contributed by atoms with Crippen LogP contribution in [0.4, 0.5) is 0 Å². The Morgan fingerprint density at radius 1 is 1.52 bits per heavy atom.